The Kier molecular flexibility index (Phi) is 8.68. The topological polar surface area (TPSA) is 75.7 Å². The maximum absolute atomic E-state index is 12.3. The number of fused-ring (bicyclic) bond motifs is 1. The van der Waals surface area contributed by atoms with Gasteiger partial charge in [-0.2, -0.15) is 0 Å². The van der Waals surface area contributed by atoms with Gasteiger partial charge < -0.3 is 10.1 Å². The molecule has 0 radical (unpaired) electrons. The van der Waals surface area contributed by atoms with Crippen molar-refractivity contribution in [2.24, 2.45) is 0 Å². The number of ether oxygens (including phenoxy) is 1. The number of carbonyl (C=O) groups is 3. The third kappa shape index (κ3) is 7.52. The van der Waals surface area contributed by atoms with Gasteiger partial charge in [0, 0.05) is 13.1 Å². The minimum atomic E-state index is -0.455. The van der Waals surface area contributed by atoms with Gasteiger partial charge in [-0.15, -0.1) is 0 Å². The van der Waals surface area contributed by atoms with Crippen molar-refractivity contribution in [1.82, 2.24) is 10.2 Å². The van der Waals surface area contributed by atoms with Gasteiger partial charge in [-0.05, 0) is 45.7 Å². The predicted octanol–water partition coefficient (Wildman–Crippen LogP) is 4.93. The number of hydrogen-bond acceptors (Lipinski definition) is 4. The molecule has 1 aliphatic heterocycles. The molecule has 0 saturated heterocycles. The summed E-state index contributed by atoms with van der Waals surface area (Å²) in [7, 11) is 0. The number of hydrogen-bond donors (Lipinski definition) is 1. The van der Waals surface area contributed by atoms with Crippen molar-refractivity contribution in [3.05, 3.63) is 35.4 Å². The van der Waals surface area contributed by atoms with Gasteiger partial charge in [-0.3, -0.25) is 14.5 Å². The van der Waals surface area contributed by atoms with Crippen LogP contribution in [0.5, 0.6) is 0 Å². The van der Waals surface area contributed by atoms with Crippen LogP contribution in [0.25, 0.3) is 0 Å². The number of imide groups is 1. The lowest BCUT2D eigenvalue weighted by molar-refractivity contribution is 0.0525. The second-order valence-electron chi connectivity index (χ2n) is 8.56. The second-order valence-corrected chi connectivity index (χ2v) is 8.56. The Morgan fingerprint density at radius 3 is 1.86 bits per heavy atom. The summed E-state index contributed by atoms with van der Waals surface area (Å²) >= 11 is 0. The number of rotatable bonds is 11. The highest BCUT2D eigenvalue weighted by Crippen LogP contribution is 2.23. The van der Waals surface area contributed by atoms with E-state index in [1.54, 1.807) is 24.3 Å². The first kappa shape index (κ1) is 22.9. The Hall–Kier alpha value is -2.37. The third-order valence-corrected chi connectivity index (χ3v) is 4.85. The molecule has 160 valence electrons. The number of alkyl carbamates (subject to hydrolysis) is 1. The molecule has 0 aliphatic carbocycles. The molecule has 1 N–H and O–H groups in total. The molecular formula is C23H34N2O4. The first-order chi connectivity index (χ1) is 13.8. The lowest BCUT2D eigenvalue weighted by Gasteiger charge is -2.19. The average molecular weight is 403 g/mol. The minimum Gasteiger partial charge on any atom is -0.444 e. The van der Waals surface area contributed by atoms with Gasteiger partial charge in [0.2, 0.25) is 0 Å². The summed E-state index contributed by atoms with van der Waals surface area (Å²) in [5, 5.41) is 2.78. The monoisotopic (exact) mass is 402 g/mol. The molecule has 1 heterocycles. The van der Waals surface area contributed by atoms with Crippen molar-refractivity contribution in [2.45, 2.75) is 77.7 Å². The third-order valence-electron chi connectivity index (χ3n) is 4.85. The van der Waals surface area contributed by atoms with Gasteiger partial charge in [0.05, 0.1) is 11.1 Å². The molecule has 0 bridgehead atoms. The summed E-state index contributed by atoms with van der Waals surface area (Å²) in [5.74, 6) is -0.323. The molecule has 1 aromatic carbocycles. The first-order valence-electron chi connectivity index (χ1n) is 10.7. The fourth-order valence-corrected chi connectivity index (χ4v) is 3.40. The molecule has 0 aromatic heterocycles. The molecule has 2 rings (SSSR count). The predicted molar refractivity (Wildman–Crippen MR) is 113 cm³/mol. The molecule has 29 heavy (non-hydrogen) atoms. The first-order valence-corrected chi connectivity index (χ1v) is 10.7. The summed E-state index contributed by atoms with van der Waals surface area (Å²) in [6.07, 6.45) is 8.15. The van der Waals surface area contributed by atoms with E-state index in [-0.39, 0.29) is 17.9 Å². The molecule has 3 amide bonds. The Morgan fingerprint density at radius 2 is 1.34 bits per heavy atom. The minimum absolute atomic E-state index is 0.161. The number of amides is 3. The van der Waals surface area contributed by atoms with E-state index in [2.05, 4.69) is 5.32 Å². The maximum Gasteiger partial charge on any atom is 0.407 e. The summed E-state index contributed by atoms with van der Waals surface area (Å²) in [6.45, 7) is 6.71. The lowest BCUT2D eigenvalue weighted by Crippen LogP contribution is -2.32. The van der Waals surface area contributed by atoms with Gasteiger partial charge in [0.15, 0.2) is 0 Å². The van der Waals surface area contributed by atoms with E-state index >= 15 is 0 Å². The van der Waals surface area contributed by atoms with Crippen LogP contribution in [0.15, 0.2) is 24.3 Å². The Morgan fingerprint density at radius 1 is 0.862 bits per heavy atom. The van der Waals surface area contributed by atoms with E-state index < -0.39 is 5.60 Å². The zero-order valence-electron chi connectivity index (χ0n) is 18.0. The van der Waals surface area contributed by atoms with Crippen LogP contribution in [0.1, 0.15) is 92.9 Å². The van der Waals surface area contributed by atoms with Crippen LogP contribution in [-0.4, -0.2) is 41.5 Å². The van der Waals surface area contributed by atoms with Crippen LogP contribution >= 0.6 is 0 Å². The molecule has 0 unspecified atom stereocenters. The van der Waals surface area contributed by atoms with Gasteiger partial charge in [-0.1, -0.05) is 50.7 Å². The van der Waals surface area contributed by atoms with Crippen LogP contribution in [0.4, 0.5) is 4.79 Å². The molecular weight excluding hydrogens is 368 g/mol. The van der Waals surface area contributed by atoms with Crippen molar-refractivity contribution in [3.8, 4) is 0 Å². The zero-order valence-corrected chi connectivity index (χ0v) is 18.0. The SMILES string of the molecule is CC(C)(C)OC(=O)NCCCCCCCCCCN1C(=O)c2ccccc2C1=O. The number of carbonyl (C=O) groups excluding carboxylic acids is 3. The molecule has 0 spiro atoms. The van der Waals surface area contributed by atoms with E-state index in [0.29, 0.717) is 24.2 Å². The van der Waals surface area contributed by atoms with E-state index in [9.17, 15) is 14.4 Å². The van der Waals surface area contributed by atoms with Crippen molar-refractivity contribution in [3.63, 3.8) is 0 Å². The number of benzene rings is 1. The van der Waals surface area contributed by atoms with Crippen molar-refractivity contribution in [1.29, 1.82) is 0 Å². The fraction of sp³-hybridized carbons (Fsp3) is 0.609. The van der Waals surface area contributed by atoms with Crippen LogP contribution in [0.3, 0.4) is 0 Å². The quantitative estimate of drug-likeness (QED) is 0.421. The normalized spacial score (nSPS) is 13.6. The van der Waals surface area contributed by atoms with Gasteiger partial charge >= 0.3 is 6.09 Å². The van der Waals surface area contributed by atoms with Crippen molar-refractivity contribution >= 4 is 17.9 Å². The number of nitrogens with one attached hydrogen (secondary N) is 1. The Labute approximate surface area is 174 Å². The zero-order chi connectivity index (χ0) is 21.3. The fourth-order valence-electron chi connectivity index (χ4n) is 3.40. The molecule has 0 atom stereocenters. The highest BCUT2D eigenvalue weighted by atomic mass is 16.6. The lowest BCUT2D eigenvalue weighted by atomic mass is 10.1. The van der Waals surface area contributed by atoms with Crippen LogP contribution in [0.2, 0.25) is 0 Å². The standard InChI is InChI=1S/C23H34N2O4/c1-23(2,3)29-22(28)24-16-12-8-6-4-5-7-9-13-17-25-20(26)18-14-10-11-15-19(18)21(25)27/h10-11,14-15H,4-9,12-13,16-17H2,1-3H3,(H,24,28). The van der Waals surface area contributed by atoms with Crippen molar-refractivity contribution < 1.29 is 19.1 Å². The number of nitrogens with zero attached hydrogens (tertiary/aromatic N) is 1. The van der Waals surface area contributed by atoms with Crippen LogP contribution in [0, 0.1) is 0 Å². The maximum atomic E-state index is 12.3. The molecule has 6 nitrogen and oxygen atoms in total. The highest BCUT2D eigenvalue weighted by Gasteiger charge is 2.34. The van der Waals surface area contributed by atoms with E-state index in [1.165, 1.54) is 11.3 Å². The molecule has 1 aliphatic rings. The molecule has 0 saturated carbocycles. The van der Waals surface area contributed by atoms with E-state index in [0.717, 1.165) is 44.9 Å². The van der Waals surface area contributed by atoms with Crippen LogP contribution in [-0.2, 0) is 4.74 Å². The van der Waals surface area contributed by atoms with E-state index in [1.807, 2.05) is 20.8 Å². The van der Waals surface area contributed by atoms with Gasteiger partial charge in [-0.25, -0.2) is 4.79 Å². The summed E-state index contributed by atoms with van der Waals surface area (Å²) in [6, 6.07) is 7.03. The van der Waals surface area contributed by atoms with Crippen molar-refractivity contribution in [2.75, 3.05) is 13.1 Å². The van der Waals surface area contributed by atoms with Gasteiger partial charge in [0.25, 0.3) is 11.8 Å². The van der Waals surface area contributed by atoms with Gasteiger partial charge in [0.1, 0.15) is 5.60 Å². The molecule has 0 fully saturated rings. The molecule has 1 aromatic rings. The average Bonchev–Trinajstić information content (AvgIpc) is 2.89. The highest BCUT2D eigenvalue weighted by molar-refractivity contribution is 6.21. The summed E-state index contributed by atoms with van der Waals surface area (Å²) < 4.78 is 5.19. The van der Waals surface area contributed by atoms with Crippen LogP contribution < -0.4 is 5.32 Å². The Bertz CT molecular complexity index is 674. The summed E-state index contributed by atoms with van der Waals surface area (Å²) in [4.78, 5) is 37.5. The number of unbranched alkanes of at least 4 members (excludes halogenated alkanes) is 7. The Balaban J connectivity index is 1.45. The van der Waals surface area contributed by atoms with E-state index in [4.69, 9.17) is 4.74 Å². The molecule has 6 heteroatoms. The smallest absolute Gasteiger partial charge is 0.407 e. The summed E-state index contributed by atoms with van der Waals surface area (Å²) in [5.41, 5.74) is 0.598. The largest absolute Gasteiger partial charge is 0.444 e. The second kappa shape index (κ2) is 11.0.